The zero-order chi connectivity index (χ0) is 15.9. The van der Waals surface area contributed by atoms with Gasteiger partial charge in [0.1, 0.15) is 5.82 Å². The van der Waals surface area contributed by atoms with Crippen molar-refractivity contribution in [1.29, 1.82) is 0 Å². The summed E-state index contributed by atoms with van der Waals surface area (Å²) in [5.41, 5.74) is 1.72. The van der Waals surface area contributed by atoms with Crippen molar-refractivity contribution in [3.8, 4) is 0 Å². The monoisotopic (exact) mass is 303 g/mol. The second-order valence-corrected chi connectivity index (χ2v) is 5.73. The van der Waals surface area contributed by atoms with E-state index in [1.807, 2.05) is 6.07 Å². The van der Waals surface area contributed by atoms with Crippen molar-refractivity contribution >= 4 is 16.6 Å². The van der Waals surface area contributed by atoms with Crippen LogP contribution in [0.5, 0.6) is 0 Å². The van der Waals surface area contributed by atoms with E-state index in [-0.39, 0.29) is 5.82 Å². The minimum absolute atomic E-state index is 0.246. The molecule has 1 N–H and O–H groups in total. The Morgan fingerprint density at radius 1 is 1.23 bits per heavy atom. The fourth-order valence-corrected chi connectivity index (χ4v) is 2.75. The van der Waals surface area contributed by atoms with Gasteiger partial charge in [0.15, 0.2) is 0 Å². The van der Waals surface area contributed by atoms with Crippen LogP contribution in [0, 0.1) is 5.82 Å². The largest absolute Gasteiger partial charge is 0.382 e. The number of aromatic nitrogens is 1. The Bertz CT molecular complexity index is 596. The lowest BCUT2D eigenvalue weighted by Crippen LogP contribution is -2.25. The van der Waals surface area contributed by atoms with Crippen molar-refractivity contribution in [2.24, 2.45) is 0 Å². The lowest BCUT2D eigenvalue weighted by molar-refractivity contribution is 0.295. The molecule has 0 aliphatic carbocycles. The van der Waals surface area contributed by atoms with Crippen molar-refractivity contribution < 1.29 is 4.39 Å². The molecule has 0 bridgehead atoms. The second-order valence-electron chi connectivity index (χ2n) is 5.73. The summed E-state index contributed by atoms with van der Waals surface area (Å²) in [6.45, 7) is 9.96. The minimum atomic E-state index is -0.246. The predicted octanol–water partition coefficient (Wildman–Crippen LogP) is 4.30. The Kier molecular flexibility index (Phi) is 6.13. The molecule has 1 aromatic heterocycles. The van der Waals surface area contributed by atoms with Crippen molar-refractivity contribution in [2.45, 2.75) is 39.7 Å². The van der Waals surface area contributed by atoms with Crippen LogP contribution in [0.25, 0.3) is 10.9 Å². The number of anilines is 1. The quantitative estimate of drug-likeness (QED) is 0.788. The van der Waals surface area contributed by atoms with E-state index in [4.69, 9.17) is 0 Å². The van der Waals surface area contributed by atoms with E-state index < -0.39 is 0 Å². The first kappa shape index (κ1) is 16.7. The highest BCUT2D eigenvalue weighted by atomic mass is 19.1. The molecular weight excluding hydrogens is 277 g/mol. The summed E-state index contributed by atoms with van der Waals surface area (Å²) in [5.74, 6) is -0.246. The average molecular weight is 303 g/mol. The van der Waals surface area contributed by atoms with Crippen molar-refractivity contribution in [3.05, 3.63) is 36.3 Å². The van der Waals surface area contributed by atoms with Crippen LogP contribution in [0.15, 0.2) is 30.5 Å². The number of halogens is 1. The molecule has 2 rings (SSSR count). The molecule has 1 atom stereocenters. The van der Waals surface area contributed by atoms with Gasteiger partial charge >= 0.3 is 0 Å². The van der Waals surface area contributed by atoms with Crippen LogP contribution in [0.2, 0.25) is 0 Å². The van der Waals surface area contributed by atoms with Gasteiger partial charge in [-0.15, -0.1) is 0 Å². The predicted molar refractivity (Wildman–Crippen MR) is 91.8 cm³/mol. The highest BCUT2D eigenvalue weighted by Crippen LogP contribution is 2.23. The molecule has 0 aliphatic rings. The van der Waals surface area contributed by atoms with Crippen LogP contribution < -0.4 is 5.32 Å². The van der Waals surface area contributed by atoms with Gasteiger partial charge in [0.25, 0.3) is 0 Å². The summed E-state index contributed by atoms with van der Waals surface area (Å²) in [7, 11) is 0. The van der Waals surface area contributed by atoms with E-state index >= 15 is 0 Å². The number of fused-ring (bicyclic) bond motifs is 1. The SMILES string of the molecule is CCN(CC)CCC[C@H](C)Nc1ccnc2cc(F)ccc12. The number of pyridine rings is 1. The first-order chi connectivity index (χ1) is 10.6. The molecule has 1 aromatic carbocycles. The Labute approximate surface area is 132 Å². The van der Waals surface area contributed by atoms with Gasteiger partial charge < -0.3 is 10.2 Å². The molecule has 0 unspecified atom stereocenters. The number of hydrogen-bond donors (Lipinski definition) is 1. The van der Waals surface area contributed by atoms with Gasteiger partial charge in [0.05, 0.1) is 5.52 Å². The Morgan fingerprint density at radius 3 is 2.73 bits per heavy atom. The third-order valence-corrected chi connectivity index (χ3v) is 4.11. The molecule has 0 spiro atoms. The molecule has 120 valence electrons. The summed E-state index contributed by atoms with van der Waals surface area (Å²) >= 11 is 0. The van der Waals surface area contributed by atoms with Crippen molar-refractivity contribution in [1.82, 2.24) is 9.88 Å². The molecule has 0 amide bonds. The number of benzene rings is 1. The lowest BCUT2D eigenvalue weighted by Gasteiger charge is -2.20. The summed E-state index contributed by atoms with van der Waals surface area (Å²) < 4.78 is 13.3. The summed E-state index contributed by atoms with van der Waals surface area (Å²) in [6, 6.07) is 7.10. The lowest BCUT2D eigenvalue weighted by atomic mass is 10.1. The highest BCUT2D eigenvalue weighted by molar-refractivity contribution is 5.91. The summed E-state index contributed by atoms with van der Waals surface area (Å²) in [6.07, 6.45) is 4.02. The van der Waals surface area contributed by atoms with Crippen molar-refractivity contribution in [2.75, 3.05) is 25.0 Å². The standard InChI is InChI=1S/C18H26FN3/c1-4-22(5-2)12-6-7-14(3)21-17-10-11-20-18-13-15(19)8-9-16(17)18/h8-11,13-14H,4-7,12H2,1-3H3,(H,20,21)/t14-/m0/s1. The molecule has 0 aliphatic heterocycles. The fraction of sp³-hybridized carbons (Fsp3) is 0.500. The van der Waals surface area contributed by atoms with Gasteiger partial charge in [-0.05, 0) is 57.6 Å². The summed E-state index contributed by atoms with van der Waals surface area (Å²) in [5, 5.41) is 4.50. The Hall–Kier alpha value is -1.68. The van der Waals surface area contributed by atoms with E-state index in [2.05, 4.69) is 36.0 Å². The zero-order valence-electron chi connectivity index (χ0n) is 13.8. The van der Waals surface area contributed by atoms with Crippen LogP contribution in [-0.4, -0.2) is 35.6 Å². The topological polar surface area (TPSA) is 28.2 Å². The zero-order valence-corrected chi connectivity index (χ0v) is 13.8. The molecule has 3 nitrogen and oxygen atoms in total. The number of nitrogens with one attached hydrogen (secondary N) is 1. The van der Waals surface area contributed by atoms with Crippen LogP contribution >= 0.6 is 0 Å². The highest BCUT2D eigenvalue weighted by Gasteiger charge is 2.07. The third-order valence-electron chi connectivity index (χ3n) is 4.11. The van der Waals surface area contributed by atoms with E-state index in [1.165, 1.54) is 18.6 Å². The molecule has 1 heterocycles. The van der Waals surface area contributed by atoms with E-state index in [9.17, 15) is 4.39 Å². The average Bonchev–Trinajstić information content (AvgIpc) is 2.51. The number of nitrogens with zero attached hydrogens (tertiary/aromatic N) is 2. The van der Waals surface area contributed by atoms with Crippen molar-refractivity contribution in [3.63, 3.8) is 0 Å². The maximum atomic E-state index is 13.3. The maximum Gasteiger partial charge on any atom is 0.125 e. The van der Waals surface area contributed by atoms with Gasteiger partial charge in [-0.1, -0.05) is 13.8 Å². The normalized spacial score (nSPS) is 12.8. The van der Waals surface area contributed by atoms with Gasteiger partial charge in [-0.2, -0.15) is 0 Å². The molecule has 0 radical (unpaired) electrons. The molecular formula is C18H26FN3. The minimum Gasteiger partial charge on any atom is -0.382 e. The Morgan fingerprint density at radius 2 is 2.00 bits per heavy atom. The summed E-state index contributed by atoms with van der Waals surface area (Å²) in [4.78, 5) is 6.67. The number of hydrogen-bond acceptors (Lipinski definition) is 3. The van der Waals surface area contributed by atoms with Gasteiger partial charge in [0, 0.05) is 29.4 Å². The second kappa shape index (κ2) is 8.08. The van der Waals surface area contributed by atoms with Gasteiger partial charge in [0.2, 0.25) is 0 Å². The maximum absolute atomic E-state index is 13.3. The molecule has 0 saturated carbocycles. The number of rotatable bonds is 8. The first-order valence-electron chi connectivity index (χ1n) is 8.17. The molecule has 2 aromatic rings. The van der Waals surface area contributed by atoms with Crippen LogP contribution in [0.3, 0.4) is 0 Å². The third kappa shape index (κ3) is 4.41. The van der Waals surface area contributed by atoms with E-state index in [1.54, 1.807) is 12.3 Å². The van der Waals surface area contributed by atoms with Gasteiger partial charge in [-0.3, -0.25) is 4.98 Å². The molecule has 0 saturated heterocycles. The van der Waals surface area contributed by atoms with Crippen LogP contribution in [0.1, 0.15) is 33.6 Å². The molecule has 0 fully saturated rings. The van der Waals surface area contributed by atoms with Crippen LogP contribution in [-0.2, 0) is 0 Å². The Balaban J connectivity index is 1.95. The fourth-order valence-electron chi connectivity index (χ4n) is 2.75. The first-order valence-corrected chi connectivity index (χ1v) is 8.17. The smallest absolute Gasteiger partial charge is 0.125 e. The molecule has 4 heteroatoms. The van der Waals surface area contributed by atoms with Gasteiger partial charge in [-0.25, -0.2) is 4.39 Å². The van der Waals surface area contributed by atoms with Crippen LogP contribution in [0.4, 0.5) is 10.1 Å². The van der Waals surface area contributed by atoms with E-state index in [0.717, 1.165) is 37.1 Å². The van der Waals surface area contributed by atoms with E-state index in [0.29, 0.717) is 11.6 Å². The molecule has 22 heavy (non-hydrogen) atoms.